The zero-order valence-corrected chi connectivity index (χ0v) is 9.81. The largest absolute Gasteiger partial charge is 0.228 e. The Kier molecular flexibility index (Phi) is 2.21. The number of sulfonamides is 1. The number of benzene rings is 1. The molecule has 0 aromatic heterocycles. The molecule has 2 N–H and O–H groups in total. The topological polar surface area (TPSA) is 60.2 Å². The van der Waals surface area contributed by atoms with Crippen LogP contribution < -0.4 is 5.14 Å². The minimum Gasteiger partial charge on any atom is -0.228 e. The smallest absolute Gasteiger partial charge is 0.219 e. The normalized spacial score (nSPS) is 19.3. The molecular formula is C9H10BrNO2S. The molecule has 0 unspecified atom stereocenters. The van der Waals surface area contributed by atoms with Gasteiger partial charge in [0.25, 0.3) is 0 Å². The number of hydrogen-bond acceptors (Lipinski definition) is 2. The van der Waals surface area contributed by atoms with Crippen molar-refractivity contribution in [2.75, 3.05) is 0 Å². The van der Waals surface area contributed by atoms with Crippen molar-refractivity contribution < 1.29 is 8.42 Å². The lowest BCUT2D eigenvalue weighted by atomic mass is 10.1. The molecule has 5 heteroatoms. The van der Waals surface area contributed by atoms with Crippen LogP contribution in [0.3, 0.4) is 0 Å². The van der Waals surface area contributed by atoms with E-state index in [9.17, 15) is 8.42 Å². The van der Waals surface area contributed by atoms with Gasteiger partial charge in [0.05, 0.1) is 0 Å². The maximum atomic E-state index is 11.4. The highest BCUT2D eigenvalue weighted by Crippen LogP contribution is 2.51. The van der Waals surface area contributed by atoms with Gasteiger partial charge in [-0.2, -0.15) is 0 Å². The van der Waals surface area contributed by atoms with Crippen LogP contribution in [-0.2, 0) is 14.8 Å². The molecule has 3 nitrogen and oxygen atoms in total. The zero-order valence-electron chi connectivity index (χ0n) is 7.40. The van der Waals surface area contributed by atoms with Crippen LogP contribution in [0.4, 0.5) is 0 Å². The second kappa shape index (κ2) is 3.05. The summed E-state index contributed by atoms with van der Waals surface area (Å²) in [5, 5.41) is 5.21. The van der Waals surface area contributed by atoms with Crippen molar-refractivity contribution in [2.45, 2.75) is 17.6 Å². The monoisotopic (exact) mass is 275 g/mol. The van der Waals surface area contributed by atoms with Crippen molar-refractivity contribution in [1.29, 1.82) is 0 Å². The van der Waals surface area contributed by atoms with Gasteiger partial charge in [-0.15, -0.1) is 0 Å². The fourth-order valence-corrected chi connectivity index (χ4v) is 3.00. The third-order valence-electron chi connectivity index (χ3n) is 2.62. The first-order valence-corrected chi connectivity index (χ1v) is 6.58. The molecule has 1 aromatic carbocycles. The standard InChI is InChI=1S/C9H10BrNO2S/c10-8-3-1-7(2-4-8)9(5-6-9)14(11,12)13/h1-4H,5-6H2,(H2,11,12,13). The van der Waals surface area contributed by atoms with E-state index in [2.05, 4.69) is 15.9 Å². The van der Waals surface area contributed by atoms with Crippen molar-refractivity contribution in [3.63, 3.8) is 0 Å². The van der Waals surface area contributed by atoms with Crippen molar-refractivity contribution in [3.8, 4) is 0 Å². The van der Waals surface area contributed by atoms with E-state index in [1.807, 2.05) is 24.3 Å². The molecule has 0 bridgehead atoms. The second-order valence-corrected chi connectivity index (χ2v) is 6.33. The summed E-state index contributed by atoms with van der Waals surface area (Å²) in [5.41, 5.74) is 0.795. The van der Waals surface area contributed by atoms with Crippen LogP contribution in [0.25, 0.3) is 0 Å². The molecule has 0 aliphatic heterocycles. The van der Waals surface area contributed by atoms with Gasteiger partial charge in [-0.1, -0.05) is 28.1 Å². The number of hydrogen-bond donors (Lipinski definition) is 1. The van der Waals surface area contributed by atoms with Gasteiger partial charge in [-0.3, -0.25) is 0 Å². The van der Waals surface area contributed by atoms with Crippen LogP contribution in [0.15, 0.2) is 28.7 Å². The van der Waals surface area contributed by atoms with Crippen LogP contribution in [0.1, 0.15) is 18.4 Å². The molecule has 2 rings (SSSR count). The van der Waals surface area contributed by atoms with Crippen molar-refractivity contribution in [1.82, 2.24) is 0 Å². The highest BCUT2D eigenvalue weighted by molar-refractivity contribution is 9.10. The zero-order chi connectivity index (χ0) is 10.4. The Labute approximate surface area is 91.5 Å². The van der Waals surface area contributed by atoms with Crippen LogP contribution in [0, 0.1) is 0 Å². The molecular weight excluding hydrogens is 266 g/mol. The summed E-state index contributed by atoms with van der Waals surface area (Å²) in [6.45, 7) is 0. The maximum absolute atomic E-state index is 11.4. The second-order valence-electron chi connectivity index (χ2n) is 3.55. The Morgan fingerprint density at radius 1 is 1.21 bits per heavy atom. The summed E-state index contributed by atoms with van der Waals surface area (Å²) < 4.78 is 22.9. The molecule has 0 radical (unpaired) electrons. The van der Waals surface area contributed by atoms with E-state index in [1.54, 1.807) is 0 Å². The summed E-state index contributed by atoms with van der Waals surface area (Å²) >= 11 is 3.30. The SMILES string of the molecule is NS(=O)(=O)C1(c2ccc(Br)cc2)CC1. The molecule has 0 spiro atoms. The highest BCUT2D eigenvalue weighted by Gasteiger charge is 2.54. The molecule has 76 valence electrons. The van der Waals surface area contributed by atoms with E-state index in [1.165, 1.54) is 0 Å². The Balaban J connectivity index is 2.46. The third kappa shape index (κ3) is 1.49. The van der Waals surface area contributed by atoms with Gasteiger partial charge in [0.2, 0.25) is 10.0 Å². The number of halogens is 1. The third-order valence-corrected chi connectivity index (χ3v) is 4.88. The predicted octanol–water partition coefficient (Wildman–Crippen LogP) is 1.73. The lowest BCUT2D eigenvalue weighted by molar-refractivity contribution is 0.582. The maximum Gasteiger partial charge on any atom is 0.219 e. The van der Waals surface area contributed by atoms with Gasteiger partial charge in [0, 0.05) is 4.47 Å². The van der Waals surface area contributed by atoms with Crippen LogP contribution >= 0.6 is 15.9 Å². The van der Waals surface area contributed by atoms with E-state index in [0.717, 1.165) is 10.0 Å². The molecule has 0 atom stereocenters. The summed E-state index contributed by atoms with van der Waals surface area (Å²) in [4.78, 5) is 0. The van der Waals surface area contributed by atoms with E-state index in [-0.39, 0.29) is 0 Å². The fraction of sp³-hybridized carbons (Fsp3) is 0.333. The first-order chi connectivity index (χ1) is 6.46. The van der Waals surface area contributed by atoms with E-state index in [0.29, 0.717) is 12.8 Å². The van der Waals surface area contributed by atoms with Gasteiger partial charge >= 0.3 is 0 Å². The number of rotatable bonds is 2. The fourth-order valence-electron chi connectivity index (χ4n) is 1.60. The lowest BCUT2D eigenvalue weighted by Crippen LogP contribution is -2.28. The highest BCUT2D eigenvalue weighted by atomic mass is 79.9. The molecule has 14 heavy (non-hydrogen) atoms. The van der Waals surface area contributed by atoms with E-state index >= 15 is 0 Å². The molecule has 0 heterocycles. The summed E-state index contributed by atoms with van der Waals surface area (Å²) in [6.07, 6.45) is 1.26. The van der Waals surface area contributed by atoms with Crippen LogP contribution in [0.5, 0.6) is 0 Å². The lowest BCUT2D eigenvalue weighted by Gasteiger charge is -2.12. The van der Waals surface area contributed by atoms with Gasteiger partial charge in [-0.05, 0) is 30.5 Å². The molecule has 1 aliphatic rings. The summed E-state index contributed by atoms with van der Waals surface area (Å²) in [5.74, 6) is 0. The Morgan fingerprint density at radius 3 is 2.07 bits per heavy atom. The minimum absolute atomic E-state index is 0.632. The quantitative estimate of drug-likeness (QED) is 0.894. The van der Waals surface area contributed by atoms with E-state index < -0.39 is 14.8 Å². The first-order valence-electron chi connectivity index (χ1n) is 4.24. The molecule has 1 aliphatic carbocycles. The van der Waals surface area contributed by atoms with Gasteiger partial charge < -0.3 is 0 Å². The van der Waals surface area contributed by atoms with E-state index in [4.69, 9.17) is 5.14 Å². The molecule has 1 saturated carbocycles. The average Bonchev–Trinajstić information content (AvgIpc) is 2.84. The van der Waals surface area contributed by atoms with Gasteiger partial charge in [0.15, 0.2) is 0 Å². The number of primary sulfonamides is 1. The summed E-state index contributed by atoms with van der Waals surface area (Å²) in [6, 6.07) is 7.28. The molecule has 0 saturated heterocycles. The van der Waals surface area contributed by atoms with Crippen molar-refractivity contribution in [3.05, 3.63) is 34.3 Å². The van der Waals surface area contributed by atoms with Gasteiger partial charge in [-0.25, -0.2) is 13.6 Å². The summed E-state index contributed by atoms with van der Waals surface area (Å²) in [7, 11) is -3.47. The van der Waals surface area contributed by atoms with Crippen LogP contribution in [-0.4, -0.2) is 8.42 Å². The van der Waals surface area contributed by atoms with Crippen molar-refractivity contribution >= 4 is 26.0 Å². The molecule has 1 aromatic rings. The average molecular weight is 276 g/mol. The van der Waals surface area contributed by atoms with Crippen molar-refractivity contribution in [2.24, 2.45) is 5.14 Å². The van der Waals surface area contributed by atoms with Crippen LogP contribution in [0.2, 0.25) is 0 Å². The Morgan fingerprint density at radius 2 is 1.71 bits per heavy atom. The molecule has 1 fully saturated rings. The first kappa shape index (κ1) is 10.1. The predicted molar refractivity (Wildman–Crippen MR) is 58.2 cm³/mol. The van der Waals surface area contributed by atoms with Gasteiger partial charge in [0.1, 0.15) is 4.75 Å². The Bertz CT molecular complexity index is 448. The molecule has 0 amide bonds. The minimum atomic E-state index is -3.47. The number of nitrogens with two attached hydrogens (primary N) is 1. The Hall–Kier alpha value is -0.390.